The molecule has 206 valence electrons. The van der Waals surface area contributed by atoms with Gasteiger partial charge in [0, 0.05) is 44.3 Å². The Morgan fingerprint density at radius 1 is 1.05 bits per heavy atom. The fourth-order valence-corrected chi connectivity index (χ4v) is 4.98. The molecule has 2 aliphatic rings. The van der Waals surface area contributed by atoms with Crippen LogP contribution in [-0.4, -0.2) is 68.4 Å². The van der Waals surface area contributed by atoms with E-state index in [1.54, 1.807) is 11.8 Å². The number of ether oxygens (including phenoxy) is 3. The van der Waals surface area contributed by atoms with Gasteiger partial charge in [0.25, 0.3) is 5.91 Å². The molecular weight excluding hydrogens is 501 g/mol. The number of fused-ring (bicyclic) bond motifs is 1. The van der Waals surface area contributed by atoms with Crippen molar-refractivity contribution in [2.45, 2.75) is 38.6 Å². The zero-order chi connectivity index (χ0) is 27.3. The van der Waals surface area contributed by atoms with Gasteiger partial charge in [-0.05, 0) is 61.6 Å². The number of halogens is 3. The van der Waals surface area contributed by atoms with Crippen molar-refractivity contribution < 1.29 is 37.0 Å². The number of amides is 1. The van der Waals surface area contributed by atoms with E-state index in [2.05, 4.69) is 5.32 Å². The van der Waals surface area contributed by atoms with Crippen molar-refractivity contribution in [1.82, 2.24) is 10.2 Å². The topological polar surface area (TPSA) is 77.1 Å². The van der Waals surface area contributed by atoms with E-state index >= 15 is 0 Å². The molecule has 0 radical (unpaired) electrons. The maximum Gasteiger partial charge on any atom is 0.416 e. The van der Waals surface area contributed by atoms with Crippen molar-refractivity contribution in [1.29, 1.82) is 0 Å². The van der Waals surface area contributed by atoms with E-state index in [1.807, 2.05) is 31.2 Å². The molecule has 38 heavy (non-hydrogen) atoms. The molecule has 1 aliphatic carbocycles. The zero-order valence-electron chi connectivity index (χ0n) is 21.5. The molecule has 4 atom stereocenters. The minimum Gasteiger partial charge on any atom is -0.492 e. The fraction of sp³-hybridized carbons (Fsp3) is 0.500. The molecule has 1 N–H and O–H groups in total. The number of carbonyl (C=O) groups is 2. The first kappa shape index (κ1) is 27.9. The second kappa shape index (κ2) is 12.2. The average Bonchev–Trinajstić information content (AvgIpc) is 3.34. The van der Waals surface area contributed by atoms with E-state index in [0.29, 0.717) is 63.5 Å². The van der Waals surface area contributed by atoms with E-state index in [-0.39, 0.29) is 23.5 Å². The van der Waals surface area contributed by atoms with Gasteiger partial charge in [0.1, 0.15) is 12.4 Å². The summed E-state index contributed by atoms with van der Waals surface area (Å²) in [6.45, 7) is 6.50. The smallest absolute Gasteiger partial charge is 0.416 e. The Bertz CT molecular complexity index is 1100. The number of nitrogens with one attached hydrogen (secondary N) is 1. The van der Waals surface area contributed by atoms with E-state index in [4.69, 9.17) is 14.2 Å². The summed E-state index contributed by atoms with van der Waals surface area (Å²) >= 11 is 0. The number of alkyl halides is 3. The van der Waals surface area contributed by atoms with Gasteiger partial charge in [0.05, 0.1) is 12.2 Å². The quantitative estimate of drug-likeness (QED) is 0.328. The number of benzene rings is 2. The summed E-state index contributed by atoms with van der Waals surface area (Å²) in [6.07, 6.45) is -4.68. The Kier molecular flexibility index (Phi) is 8.94. The number of carbonyl (C=O) groups excluding carboxylic acids is 2. The molecule has 0 spiro atoms. The monoisotopic (exact) mass is 534 g/mol. The lowest BCUT2D eigenvalue weighted by molar-refractivity contribution is -0.156. The third-order valence-corrected chi connectivity index (χ3v) is 6.93. The summed E-state index contributed by atoms with van der Waals surface area (Å²) in [5, 5.41) is 3.45. The normalized spacial score (nSPS) is 21.1. The maximum atomic E-state index is 13.0. The predicted octanol–water partition coefficient (Wildman–Crippen LogP) is 3.96. The van der Waals surface area contributed by atoms with Crippen LogP contribution < -0.4 is 10.1 Å². The molecule has 1 saturated heterocycles. The molecule has 2 aromatic rings. The van der Waals surface area contributed by atoms with Crippen LogP contribution in [0.2, 0.25) is 0 Å². The maximum absolute atomic E-state index is 13.0. The van der Waals surface area contributed by atoms with Crippen molar-refractivity contribution in [2.24, 2.45) is 11.8 Å². The molecule has 1 saturated carbocycles. The summed E-state index contributed by atoms with van der Waals surface area (Å²) in [4.78, 5) is 26.4. The van der Waals surface area contributed by atoms with Gasteiger partial charge in [-0.25, -0.2) is 4.79 Å². The average molecular weight is 535 g/mol. The molecule has 0 aromatic heterocycles. The first-order valence-corrected chi connectivity index (χ1v) is 12.9. The number of piperidine rings is 1. The van der Waals surface area contributed by atoms with Gasteiger partial charge in [0.15, 0.2) is 6.10 Å². The molecule has 1 aliphatic heterocycles. The van der Waals surface area contributed by atoms with E-state index in [9.17, 15) is 22.8 Å². The Hall–Kier alpha value is -3.11. The van der Waals surface area contributed by atoms with Gasteiger partial charge < -0.3 is 24.4 Å². The highest BCUT2D eigenvalue weighted by Crippen LogP contribution is 2.45. The first-order valence-electron chi connectivity index (χ1n) is 12.9. The standard InChI is InChI=1S/C28H33F3N2O5/c1-3-36-24(27(35)37-4-2)14-18-8-10-21(11-9-18)38-13-12-32-25-22-16-33(17-23(22)25)26(34)19-6-5-7-20(15-19)28(29,30)31/h5-11,15,22-25,32H,3-4,12-14,16-17H2,1-2H3/t22-,23+,24-,25?/m0/s1. The second-order valence-corrected chi connectivity index (χ2v) is 9.49. The fourth-order valence-electron chi connectivity index (χ4n) is 4.98. The molecule has 2 aromatic carbocycles. The van der Waals surface area contributed by atoms with E-state index < -0.39 is 17.8 Å². The highest BCUT2D eigenvalue weighted by molar-refractivity contribution is 5.94. The van der Waals surface area contributed by atoms with Gasteiger partial charge in [-0.3, -0.25) is 4.79 Å². The van der Waals surface area contributed by atoms with Crippen LogP contribution in [0.5, 0.6) is 5.75 Å². The first-order chi connectivity index (χ1) is 18.2. The van der Waals surface area contributed by atoms with Crippen LogP contribution in [0.4, 0.5) is 13.2 Å². The van der Waals surface area contributed by atoms with Crippen LogP contribution in [0.3, 0.4) is 0 Å². The van der Waals surface area contributed by atoms with Gasteiger partial charge in [0.2, 0.25) is 0 Å². The Balaban J connectivity index is 1.16. The van der Waals surface area contributed by atoms with Gasteiger partial charge in [-0.2, -0.15) is 13.2 Å². The number of hydrogen-bond donors (Lipinski definition) is 1. The largest absolute Gasteiger partial charge is 0.492 e. The Labute approximate surface area is 220 Å². The lowest BCUT2D eigenvalue weighted by Crippen LogP contribution is -2.36. The van der Waals surface area contributed by atoms with Crippen molar-refractivity contribution in [3.8, 4) is 5.75 Å². The predicted molar refractivity (Wildman–Crippen MR) is 134 cm³/mol. The van der Waals surface area contributed by atoms with Crippen LogP contribution in [0.1, 0.15) is 35.3 Å². The van der Waals surface area contributed by atoms with Crippen LogP contribution in [0.25, 0.3) is 0 Å². The number of rotatable bonds is 12. The highest BCUT2D eigenvalue weighted by atomic mass is 19.4. The second-order valence-electron chi connectivity index (χ2n) is 9.49. The van der Waals surface area contributed by atoms with Crippen molar-refractivity contribution >= 4 is 11.9 Å². The number of hydrogen-bond acceptors (Lipinski definition) is 6. The van der Waals surface area contributed by atoms with Crippen LogP contribution in [0.15, 0.2) is 48.5 Å². The van der Waals surface area contributed by atoms with Crippen LogP contribution >= 0.6 is 0 Å². The third-order valence-electron chi connectivity index (χ3n) is 6.93. The summed E-state index contributed by atoms with van der Waals surface area (Å²) in [5.41, 5.74) is 0.199. The van der Waals surface area contributed by atoms with Gasteiger partial charge in [-0.1, -0.05) is 18.2 Å². The Morgan fingerprint density at radius 3 is 2.39 bits per heavy atom. The van der Waals surface area contributed by atoms with Crippen molar-refractivity contribution in [2.75, 3.05) is 39.5 Å². The van der Waals surface area contributed by atoms with E-state index in [0.717, 1.165) is 17.7 Å². The Morgan fingerprint density at radius 2 is 1.76 bits per heavy atom. The summed E-state index contributed by atoms with van der Waals surface area (Å²) in [7, 11) is 0. The molecule has 7 nitrogen and oxygen atoms in total. The lowest BCUT2D eigenvalue weighted by atomic mass is 10.1. The molecule has 10 heteroatoms. The lowest BCUT2D eigenvalue weighted by Gasteiger charge is -2.21. The summed E-state index contributed by atoms with van der Waals surface area (Å²) in [5.74, 6) is 0.606. The molecular formula is C28H33F3N2O5. The summed E-state index contributed by atoms with van der Waals surface area (Å²) in [6, 6.07) is 12.4. The molecule has 2 fully saturated rings. The number of esters is 1. The zero-order valence-corrected chi connectivity index (χ0v) is 21.5. The number of nitrogens with zero attached hydrogens (tertiary/aromatic N) is 1. The van der Waals surface area contributed by atoms with Crippen molar-refractivity contribution in [3.63, 3.8) is 0 Å². The molecule has 0 bridgehead atoms. The van der Waals surface area contributed by atoms with Crippen LogP contribution in [-0.2, 0) is 26.9 Å². The molecule has 1 amide bonds. The minimum absolute atomic E-state index is 0.0688. The van der Waals surface area contributed by atoms with Crippen molar-refractivity contribution in [3.05, 3.63) is 65.2 Å². The SMILES string of the molecule is CCOC(=O)[C@H](Cc1ccc(OCCNC2[C@H]3CN(C(=O)c4cccc(C(F)(F)F)c4)C[C@@H]23)cc1)OCC. The molecule has 1 unspecified atom stereocenters. The third kappa shape index (κ3) is 6.85. The molecule has 4 rings (SSSR count). The van der Waals surface area contributed by atoms with Gasteiger partial charge >= 0.3 is 12.1 Å². The summed E-state index contributed by atoms with van der Waals surface area (Å²) < 4.78 is 55.3. The highest BCUT2D eigenvalue weighted by Gasteiger charge is 2.56. The van der Waals surface area contributed by atoms with Gasteiger partial charge in [-0.15, -0.1) is 0 Å². The molecule has 1 heterocycles. The number of likely N-dealkylation sites (tertiary alicyclic amines) is 1. The minimum atomic E-state index is -4.47. The van der Waals surface area contributed by atoms with Crippen LogP contribution in [0, 0.1) is 11.8 Å². The van der Waals surface area contributed by atoms with E-state index in [1.165, 1.54) is 12.1 Å².